The summed E-state index contributed by atoms with van der Waals surface area (Å²) in [4.78, 5) is 18.2. The maximum atomic E-state index is 11.4. The summed E-state index contributed by atoms with van der Waals surface area (Å²) >= 11 is 7.11. The van der Waals surface area contributed by atoms with Crippen molar-refractivity contribution in [1.29, 1.82) is 0 Å². The molecule has 1 fully saturated rings. The smallest absolute Gasteiger partial charge is 0.351 e. The number of hydrogen-bond acceptors (Lipinski definition) is 7. The Balaban J connectivity index is 1.72. The van der Waals surface area contributed by atoms with Gasteiger partial charge in [0.2, 0.25) is 0 Å². The predicted molar refractivity (Wildman–Crippen MR) is 78.8 cm³/mol. The highest BCUT2D eigenvalue weighted by Crippen LogP contribution is 2.27. The Labute approximate surface area is 127 Å². The minimum atomic E-state index is -0.450. The molecule has 0 amide bonds. The number of methoxy groups -OCH3 is 1. The monoisotopic (exact) mass is 319 g/mol. The third kappa shape index (κ3) is 4.31. The lowest BCUT2D eigenvalue weighted by atomic mass is 10.3. The van der Waals surface area contributed by atoms with E-state index in [2.05, 4.69) is 19.9 Å². The van der Waals surface area contributed by atoms with Crippen LogP contribution in [0.5, 0.6) is 0 Å². The number of rotatable bonds is 6. The van der Waals surface area contributed by atoms with E-state index in [-0.39, 0.29) is 5.15 Å². The molecule has 0 unspecified atom stereocenters. The van der Waals surface area contributed by atoms with Gasteiger partial charge in [0.15, 0.2) is 15.2 Å². The van der Waals surface area contributed by atoms with Crippen LogP contribution in [-0.4, -0.2) is 62.4 Å². The van der Waals surface area contributed by atoms with Crippen LogP contribution in [0.1, 0.15) is 16.1 Å². The minimum absolute atomic E-state index is 0.192. The molecule has 8 heteroatoms. The molecule has 0 aliphatic carbocycles. The van der Waals surface area contributed by atoms with E-state index in [1.165, 1.54) is 18.4 Å². The van der Waals surface area contributed by atoms with E-state index in [0.29, 0.717) is 10.0 Å². The van der Waals surface area contributed by atoms with Gasteiger partial charge in [0.05, 0.1) is 20.3 Å². The van der Waals surface area contributed by atoms with Gasteiger partial charge in [-0.2, -0.15) is 0 Å². The second-order valence-corrected chi connectivity index (χ2v) is 5.72. The van der Waals surface area contributed by atoms with Crippen LogP contribution in [0.25, 0.3) is 0 Å². The van der Waals surface area contributed by atoms with E-state index in [4.69, 9.17) is 16.3 Å². The van der Waals surface area contributed by atoms with E-state index in [1.54, 1.807) is 0 Å². The van der Waals surface area contributed by atoms with Gasteiger partial charge in [0.1, 0.15) is 0 Å². The van der Waals surface area contributed by atoms with Crippen LogP contribution in [0.15, 0.2) is 0 Å². The first-order chi connectivity index (χ1) is 9.70. The predicted octanol–water partition coefficient (Wildman–Crippen LogP) is 1.72. The van der Waals surface area contributed by atoms with Gasteiger partial charge in [0, 0.05) is 19.6 Å². The summed E-state index contributed by atoms with van der Waals surface area (Å²) in [7, 11) is 1.33. The number of halogens is 1. The molecular formula is C12H18ClN3O3S. The Kier molecular flexibility index (Phi) is 6.03. The maximum Gasteiger partial charge on any atom is 0.351 e. The highest BCUT2D eigenvalue weighted by molar-refractivity contribution is 7.18. The zero-order valence-electron chi connectivity index (χ0n) is 11.4. The Morgan fingerprint density at radius 3 is 3.00 bits per heavy atom. The number of hydrogen-bond donors (Lipinski definition) is 1. The number of morpholine rings is 1. The highest BCUT2D eigenvalue weighted by atomic mass is 35.5. The quantitative estimate of drug-likeness (QED) is 0.636. The normalized spacial score (nSPS) is 16.1. The number of nitrogens with zero attached hydrogens (tertiary/aromatic N) is 2. The molecule has 6 nitrogen and oxygen atoms in total. The van der Waals surface area contributed by atoms with Crippen LogP contribution >= 0.6 is 22.9 Å². The topological polar surface area (TPSA) is 63.7 Å². The van der Waals surface area contributed by atoms with Gasteiger partial charge in [-0.3, -0.25) is 4.90 Å². The molecule has 0 saturated carbocycles. The molecule has 1 aromatic rings. The van der Waals surface area contributed by atoms with Gasteiger partial charge in [-0.15, -0.1) is 0 Å². The number of carbonyl (C=O) groups excluding carboxylic acids is 1. The lowest BCUT2D eigenvalue weighted by molar-refractivity contribution is 0.0378. The van der Waals surface area contributed by atoms with Crippen molar-refractivity contribution in [3.05, 3.63) is 10.0 Å². The van der Waals surface area contributed by atoms with Gasteiger partial charge in [-0.05, 0) is 13.0 Å². The van der Waals surface area contributed by atoms with Crippen molar-refractivity contribution >= 4 is 34.0 Å². The number of thiazole rings is 1. The zero-order valence-corrected chi connectivity index (χ0v) is 12.9. The molecule has 0 aromatic carbocycles. The van der Waals surface area contributed by atoms with Crippen molar-refractivity contribution in [3.63, 3.8) is 0 Å². The van der Waals surface area contributed by atoms with E-state index < -0.39 is 5.97 Å². The summed E-state index contributed by atoms with van der Waals surface area (Å²) in [5.74, 6) is -0.450. The van der Waals surface area contributed by atoms with Crippen LogP contribution in [0.3, 0.4) is 0 Å². The number of anilines is 1. The SMILES string of the molecule is COC(=O)c1sc(NCCCN2CCOCC2)nc1Cl. The average Bonchev–Trinajstić information content (AvgIpc) is 2.85. The molecular weight excluding hydrogens is 302 g/mol. The van der Waals surface area contributed by atoms with Crippen molar-refractivity contribution in [3.8, 4) is 0 Å². The van der Waals surface area contributed by atoms with Crippen LogP contribution in [0, 0.1) is 0 Å². The lowest BCUT2D eigenvalue weighted by Gasteiger charge is -2.26. The van der Waals surface area contributed by atoms with Gasteiger partial charge in [0.25, 0.3) is 0 Å². The number of carbonyl (C=O) groups is 1. The van der Waals surface area contributed by atoms with Crippen molar-refractivity contribution < 1.29 is 14.3 Å². The van der Waals surface area contributed by atoms with E-state index >= 15 is 0 Å². The molecule has 1 saturated heterocycles. The lowest BCUT2D eigenvalue weighted by Crippen LogP contribution is -2.37. The molecule has 2 heterocycles. The molecule has 1 aliphatic rings. The molecule has 0 atom stereocenters. The number of ether oxygens (including phenoxy) is 2. The molecule has 20 heavy (non-hydrogen) atoms. The molecule has 1 aromatic heterocycles. The summed E-state index contributed by atoms with van der Waals surface area (Å²) in [5.41, 5.74) is 0. The van der Waals surface area contributed by atoms with Gasteiger partial charge >= 0.3 is 5.97 Å². The third-order valence-corrected chi connectivity index (χ3v) is 4.37. The van der Waals surface area contributed by atoms with Crippen LogP contribution < -0.4 is 5.32 Å². The Morgan fingerprint density at radius 2 is 2.30 bits per heavy atom. The largest absolute Gasteiger partial charge is 0.465 e. The number of aromatic nitrogens is 1. The first kappa shape index (κ1) is 15.5. The molecule has 0 spiro atoms. The standard InChI is InChI=1S/C12H18ClN3O3S/c1-18-11(17)9-10(13)15-12(20-9)14-3-2-4-16-5-7-19-8-6-16/h2-8H2,1H3,(H,14,15). The molecule has 112 valence electrons. The summed E-state index contributed by atoms with van der Waals surface area (Å²) in [6, 6.07) is 0. The Bertz CT molecular complexity index is 449. The van der Waals surface area contributed by atoms with Crippen molar-refractivity contribution in [2.24, 2.45) is 0 Å². The molecule has 1 N–H and O–H groups in total. The summed E-state index contributed by atoms with van der Waals surface area (Å²) in [6.45, 7) is 5.45. The molecule has 0 radical (unpaired) electrons. The first-order valence-corrected chi connectivity index (χ1v) is 7.68. The van der Waals surface area contributed by atoms with E-state index in [0.717, 1.165) is 45.8 Å². The van der Waals surface area contributed by atoms with E-state index in [1.807, 2.05) is 0 Å². The Morgan fingerprint density at radius 1 is 1.55 bits per heavy atom. The van der Waals surface area contributed by atoms with E-state index in [9.17, 15) is 4.79 Å². The van der Waals surface area contributed by atoms with Gasteiger partial charge < -0.3 is 14.8 Å². The number of nitrogens with one attached hydrogen (secondary N) is 1. The Hall–Kier alpha value is -0.890. The maximum absolute atomic E-state index is 11.4. The molecule has 2 rings (SSSR count). The zero-order chi connectivity index (χ0) is 14.4. The molecule has 1 aliphatic heterocycles. The fraction of sp³-hybridized carbons (Fsp3) is 0.667. The van der Waals surface area contributed by atoms with Crippen molar-refractivity contribution in [2.45, 2.75) is 6.42 Å². The van der Waals surface area contributed by atoms with Gasteiger partial charge in [-0.1, -0.05) is 22.9 Å². The second-order valence-electron chi connectivity index (χ2n) is 4.36. The van der Waals surface area contributed by atoms with Crippen LogP contribution in [0.4, 0.5) is 5.13 Å². The third-order valence-electron chi connectivity index (χ3n) is 2.99. The highest BCUT2D eigenvalue weighted by Gasteiger charge is 2.17. The first-order valence-electron chi connectivity index (χ1n) is 6.49. The van der Waals surface area contributed by atoms with Crippen molar-refractivity contribution in [2.75, 3.05) is 51.8 Å². The average molecular weight is 320 g/mol. The second kappa shape index (κ2) is 7.78. The van der Waals surface area contributed by atoms with Crippen LogP contribution in [0.2, 0.25) is 5.15 Å². The fourth-order valence-corrected chi connectivity index (χ4v) is 3.05. The van der Waals surface area contributed by atoms with Gasteiger partial charge in [-0.25, -0.2) is 9.78 Å². The van der Waals surface area contributed by atoms with Crippen molar-refractivity contribution in [1.82, 2.24) is 9.88 Å². The molecule has 0 bridgehead atoms. The summed E-state index contributed by atoms with van der Waals surface area (Å²) in [6.07, 6.45) is 1.00. The summed E-state index contributed by atoms with van der Waals surface area (Å²) in [5, 5.41) is 4.02. The summed E-state index contributed by atoms with van der Waals surface area (Å²) < 4.78 is 9.94. The minimum Gasteiger partial charge on any atom is -0.465 e. The van der Waals surface area contributed by atoms with Crippen LogP contribution in [-0.2, 0) is 9.47 Å². The number of esters is 1. The fourth-order valence-electron chi connectivity index (χ4n) is 1.92.